The van der Waals surface area contributed by atoms with Crippen LogP contribution in [-0.4, -0.2) is 0 Å². The Kier molecular flexibility index (Phi) is 16.0. The van der Waals surface area contributed by atoms with E-state index in [1.807, 2.05) is 19.9 Å². The van der Waals surface area contributed by atoms with Crippen LogP contribution in [0.5, 0.6) is 0 Å². The molecule has 157 valence electrons. The van der Waals surface area contributed by atoms with Gasteiger partial charge in [-0.2, -0.15) is 17.2 Å². The van der Waals surface area contributed by atoms with Crippen molar-refractivity contribution >= 4 is 5.57 Å². The molecule has 1 unspecified atom stereocenters. The molecule has 1 atom stereocenters. The van der Waals surface area contributed by atoms with Crippen LogP contribution in [0.25, 0.3) is 5.57 Å². The molecule has 0 bridgehead atoms. The number of allylic oxidation sites excluding steroid dienone is 10. The zero-order valence-electron chi connectivity index (χ0n) is 18.8. The van der Waals surface area contributed by atoms with Gasteiger partial charge in [0.25, 0.3) is 0 Å². The summed E-state index contributed by atoms with van der Waals surface area (Å²) in [5, 5.41) is 0. The first-order chi connectivity index (χ1) is 13.4. The molecular weight excluding hydrogens is 609 g/mol. The van der Waals surface area contributed by atoms with Crippen molar-refractivity contribution in [1.82, 2.24) is 0 Å². The molecule has 1 radical (unpaired) electrons. The second-order valence-corrected chi connectivity index (χ2v) is 7.16. The van der Waals surface area contributed by atoms with Crippen LogP contribution in [0, 0.1) is 31.4 Å². The van der Waals surface area contributed by atoms with Crippen LogP contribution in [0.4, 0.5) is 0 Å². The summed E-state index contributed by atoms with van der Waals surface area (Å²) in [6.45, 7) is 4.00. The van der Waals surface area contributed by atoms with E-state index in [1.165, 1.54) is 49.7 Å². The van der Waals surface area contributed by atoms with Crippen LogP contribution >= 0.6 is 0 Å². The van der Waals surface area contributed by atoms with E-state index >= 15 is 0 Å². The predicted octanol–water partition coefficient (Wildman–Crippen LogP) is 8.08. The van der Waals surface area contributed by atoms with Crippen molar-refractivity contribution in [2.45, 2.75) is 58.8 Å². The van der Waals surface area contributed by atoms with Gasteiger partial charge < -0.3 is 7.43 Å². The molecule has 0 N–H and O–H groups in total. The Morgan fingerprint density at radius 1 is 1.00 bits per heavy atom. The molecule has 1 aromatic carbocycles. The van der Waals surface area contributed by atoms with Gasteiger partial charge in [0.1, 0.15) is 0 Å². The number of fused-ring (bicyclic) bond motifs is 1. The monoisotopic (exact) mass is 643 g/mol. The van der Waals surface area contributed by atoms with Gasteiger partial charge in [0.05, 0.1) is 0 Å². The third-order valence-electron chi connectivity index (χ3n) is 5.45. The summed E-state index contributed by atoms with van der Waals surface area (Å²) in [6.07, 6.45) is 26.7. The van der Waals surface area contributed by atoms with Gasteiger partial charge in [-0.3, -0.25) is 12.2 Å². The number of hydrogen-bond donors (Lipinski definition) is 0. The Labute approximate surface area is 225 Å². The molecule has 4 aliphatic carbocycles. The van der Waals surface area contributed by atoms with Crippen molar-refractivity contribution in [3.63, 3.8) is 0 Å². The van der Waals surface area contributed by atoms with Crippen molar-refractivity contribution in [2.24, 2.45) is 5.92 Å². The molecule has 0 spiro atoms. The topological polar surface area (TPSA) is 0 Å². The Morgan fingerprint density at radius 2 is 1.70 bits per heavy atom. The zero-order chi connectivity index (χ0) is 18.9. The molecule has 0 nitrogen and oxygen atoms in total. The van der Waals surface area contributed by atoms with Crippen molar-refractivity contribution in [3.05, 3.63) is 103 Å². The van der Waals surface area contributed by atoms with E-state index in [9.17, 15) is 0 Å². The Hall–Kier alpha value is -0.418. The fraction of sp³-hybridized carbons (Fsp3) is 0.357. The summed E-state index contributed by atoms with van der Waals surface area (Å²) in [7, 11) is 0. The molecular formula is C28H34WY-2. The van der Waals surface area contributed by atoms with Crippen molar-refractivity contribution < 1.29 is 53.8 Å². The van der Waals surface area contributed by atoms with Gasteiger partial charge in [-0.25, -0.2) is 35.8 Å². The second kappa shape index (κ2) is 16.2. The number of benzene rings is 1. The van der Waals surface area contributed by atoms with Crippen molar-refractivity contribution in [2.75, 3.05) is 0 Å². The fourth-order valence-electron chi connectivity index (χ4n) is 4.04. The van der Waals surface area contributed by atoms with E-state index < -0.39 is 0 Å². The van der Waals surface area contributed by atoms with Crippen LogP contribution in [0.1, 0.15) is 64.4 Å². The van der Waals surface area contributed by atoms with Crippen LogP contribution in [0.15, 0.2) is 71.9 Å². The average Bonchev–Trinajstić information content (AvgIpc) is 3.49. The van der Waals surface area contributed by atoms with Crippen molar-refractivity contribution in [1.29, 1.82) is 0 Å². The quantitative estimate of drug-likeness (QED) is 0.286. The SMILES string of the molecule is CC.[C-]1=CC(c2ccccc2)=CC1.[C-]1=CC=C2CC([C-]3CCCCC3)=CC12.[CH3-].[W+2].[Y]. The maximum absolute atomic E-state index is 3.38. The molecule has 0 aromatic heterocycles. The Morgan fingerprint density at radius 3 is 2.30 bits per heavy atom. The largest absolute Gasteiger partial charge is 2.00 e. The summed E-state index contributed by atoms with van der Waals surface area (Å²) in [5.41, 5.74) is 5.79. The first kappa shape index (κ1) is 29.6. The third kappa shape index (κ3) is 8.26. The summed E-state index contributed by atoms with van der Waals surface area (Å²) >= 11 is 0. The van der Waals surface area contributed by atoms with Crippen LogP contribution in [0.3, 0.4) is 0 Å². The Balaban J connectivity index is 0.000000484. The predicted molar refractivity (Wildman–Crippen MR) is 123 cm³/mol. The van der Waals surface area contributed by atoms with Crippen molar-refractivity contribution in [3.8, 4) is 0 Å². The molecule has 0 saturated heterocycles. The normalized spacial score (nSPS) is 19.9. The van der Waals surface area contributed by atoms with Gasteiger partial charge in [0.2, 0.25) is 0 Å². The molecule has 4 aliphatic rings. The second-order valence-electron chi connectivity index (χ2n) is 7.16. The molecule has 2 heteroatoms. The summed E-state index contributed by atoms with van der Waals surface area (Å²) in [4.78, 5) is 0. The molecule has 1 saturated carbocycles. The molecule has 30 heavy (non-hydrogen) atoms. The summed E-state index contributed by atoms with van der Waals surface area (Å²) in [6, 6.07) is 10.4. The standard InChI is InChI=1S/C14H16.C11H9.C2H6.CH3.W.Y/c1-2-5-11(6-3-1)14-9-12-7-4-8-13(12)10-14;1-2-6-10(7-3-1)11-8-4-5-9-11;1-2;;;/h4,7,10,13H,1-3,5-6,9H2;1-3,6-9H,4H2;1-2H3;1H3;;/q-2;-1;;-1;+2;. The number of rotatable bonds is 2. The van der Waals surface area contributed by atoms with E-state index in [2.05, 4.69) is 66.8 Å². The molecule has 1 fully saturated rings. The minimum absolute atomic E-state index is 0. The molecule has 0 heterocycles. The third-order valence-corrected chi connectivity index (χ3v) is 5.45. The number of hydrogen-bond acceptors (Lipinski definition) is 0. The van der Waals surface area contributed by atoms with Crippen LogP contribution < -0.4 is 0 Å². The van der Waals surface area contributed by atoms with E-state index in [0.717, 1.165) is 6.42 Å². The van der Waals surface area contributed by atoms with Gasteiger partial charge >= 0.3 is 21.1 Å². The molecule has 0 amide bonds. The van der Waals surface area contributed by atoms with Crippen LogP contribution in [-0.2, 0) is 53.8 Å². The molecule has 0 aliphatic heterocycles. The maximum Gasteiger partial charge on any atom is 2.00 e. The smallest absolute Gasteiger partial charge is 0.358 e. The first-order valence-electron chi connectivity index (χ1n) is 10.6. The van der Waals surface area contributed by atoms with Gasteiger partial charge in [-0.05, 0) is 0 Å². The average molecular weight is 643 g/mol. The van der Waals surface area contributed by atoms with E-state index in [1.54, 1.807) is 17.1 Å². The van der Waals surface area contributed by atoms with Gasteiger partial charge in [-0.1, -0.05) is 82.7 Å². The Bertz CT molecular complexity index is 746. The molecule has 1 aromatic rings. The zero-order valence-corrected chi connectivity index (χ0v) is 24.6. The van der Waals surface area contributed by atoms with Gasteiger partial charge in [0.15, 0.2) is 0 Å². The minimum Gasteiger partial charge on any atom is -0.358 e. The van der Waals surface area contributed by atoms with Gasteiger partial charge in [-0.15, -0.1) is 17.9 Å². The maximum atomic E-state index is 3.38. The minimum atomic E-state index is 0. The van der Waals surface area contributed by atoms with E-state index in [0.29, 0.717) is 5.92 Å². The fourth-order valence-corrected chi connectivity index (χ4v) is 4.04. The molecule has 5 rings (SSSR count). The first-order valence-corrected chi connectivity index (χ1v) is 10.6. The van der Waals surface area contributed by atoms with Crippen LogP contribution in [0.2, 0.25) is 0 Å². The van der Waals surface area contributed by atoms with E-state index in [-0.39, 0.29) is 61.2 Å². The summed E-state index contributed by atoms with van der Waals surface area (Å²) < 4.78 is 0. The summed E-state index contributed by atoms with van der Waals surface area (Å²) in [5.74, 6) is 2.28. The van der Waals surface area contributed by atoms with Gasteiger partial charge in [0, 0.05) is 32.7 Å². The van der Waals surface area contributed by atoms with E-state index in [4.69, 9.17) is 0 Å².